The summed E-state index contributed by atoms with van der Waals surface area (Å²) in [5.74, 6) is 0.755. The quantitative estimate of drug-likeness (QED) is 0.854. The minimum Gasteiger partial charge on any atom is -0.335 e. The van der Waals surface area contributed by atoms with Crippen molar-refractivity contribution in [3.05, 3.63) is 45.2 Å². The Kier molecular flexibility index (Phi) is 4.19. The maximum Gasteiger partial charge on any atom is 0.245 e. The van der Waals surface area contributed by atoms with E-state index in [2.05, 4.69) is 63.1 Å². The molecular weight excluding hydrogens is 328 g/mol. The maximum atomic E-state index is 4.73. The molecule has 0 unspecified atom stereocenters. The summed E-state index contributed by atoms with van der Waals surface area (Å²) in [6, 6.07) is 6.40. The second-order valence-corrected chi connectivity index (χ2v) is 6.12. The van der Waals surface area contributed by atoms with Gasteiger partial charge in [0.05, 0.1) is 11.4 Å². The number of aryl methyl sites for hydroxylation is 2. The van der Waals surface area contributed by atoms with Gasteiger partial charge in [-0.15, -0.1) is 5.10 Å². The molecule has 110 valence electrons. The van der Waals surface area contributed by atoms with Gasteiger partial charge in [-0.25, -0.2) is 4.98 Å². The van der Waals surface area contributed by atoms with Crippen LogP contribution in [0.2, 0.25) is 0 Å². The first-order valence-electron chi connectivity index (χ1n) is 7.46. The second kappa shape index (κ2) is 6.10. The topological polar surface area (TPSA) is 41.9 Å². The molecule has 2 heterocycles. The third-order valence-corrected chi connectivity index (χ3v) is 4.74. The SMILES string of the molecule is CCc1nnc(N2CCc3cccc(Br)c3C2)nc1CC. The number of halogens is 1. The Morgan fingerprint density at radius 2 is 1.95 bits per heavy atom. The highest BCUT2D eigenvalue weighted by molar-refractivity contribution is 9.10. The van der Waals surface area contributed by atoms with Gasteiger partial charge >= 0.3 is 0 Å². The van der Waals surface area contributed by atoms with Gasteiger partial charge in [-0.05, 0) is 36.5 Å². The molecule has 0 radical (unpaired) electrons. The zero-order chi connectivity index (χ0) is 14.8. The fourth-order valence-electron chi connectivity index (χ4n) is 2.77. The van der Waals surface area contributed by atoms with Gasteiger partial charge in [-0.2, -0.15) is 5.10 Å². The molecule has 0 fully saturated rings. The largest absolute Gasteiger partial charge is 0.335 e. The van der Waals surface area contributed by atoms with E-state index in [1.807, 2.05) is 0 Å². The fraction of sp³-hybridized carbons (Fsp3) is 0.438. The van der Waals surface area contributed by atoms with Crippen molar-refractivity contribution in [2.24, 2.45) is 0 Å². The van der Waals surface area contributed by atoms with E-state index in [1.54, 1.807) is 0 Å². The molecule has 0 atom stereocenters. The van der Waals surface area contributed by atoms with Crippen molar-refractivity contribution in [2.45, 2.75) is 39.7 Å². The zero-order valence-electron chi connectivity index (χ0n) is 12.4. The van der Waals surface area contributed by atoms with Crippen LogP contribution in [-0.2, 0) is 25.8 Å². The lowest BCUT2D eigenvalue weighted by Gasteiger charge is -2.29. The van der Waals surface area contributed by atoms with Crippen LogP contribution in [-0.4, -0.2) is 21.7 Å². The summed E-state index contributed by atoms with van der Waals surface area (Å²) in [6.45, 7) is 6.00. The number of benzene rings is 1. The van der Waals surface area contributed by atoms with E-state index in [1.165, 1.54) is 15.6 Å². The summed E-state index contributed by atoms with van der Waals surface area (Å²) in [4.78, 5) is 6.95. The summed E-state index contributed by atoms with van der Waals surface area (Å²) in [6.07, 6.45) is 2.81. The minimum atomic E-state index is 0.755. The number of anilines is 1. The first kappa shape index (κ1) is 14.4. The van der Waals surface area contributed by atoms with Crippen LogP contribution < -0.4 is 4.90 Å². The van der Waals surface area contributed by atoms with E-state index >= 15 is 0 Å². The highest BCUT2D eigenvalue weighted by Crippen LogP contribution is 2.28. The summed E-state index contributed by atoms with van der Waals surface area (Å²) in [5, 5.41) is 8.69. The number of fused-ring (bicyclic) bond motifs is 1. The molecule has 1 aliphatic heterocycles. The van der Waals surface area contributed by atoms with Crippen LogP contribution in [0.3, 0.4) is 0 Å². The lowest BCUT2D eigenvalue weighted by atomic mass is 10.0. The molecule has 1 aromatic carbocycles. The lowest BCUT2D eigenvalue weighted by molar-refractivity contribution is 0.681. The van der Waals surface area contributed by atoms with Crippen LogP contribution >= 0.6 is 15.9 Å². The first-order valence-corrected chi connectivity index (χ1v) is 8.25. The van der Waals surface area contributed by atoms with E-state index in [-0.39, 0.29) is 0 Å². The molecule has 3 rings (SSSR count). The molecule has 2 aromatic rings. The number of rotatable bonds is 3. The molecule has 21 heavy (non-hydrogen) atoms. The summed E-state index contributed by atoms with van der Waals surface area (Å²) in [5.41, 5.74) is 4.83. The van der Waals surface area contributed by atoms with E-state index in [0.29, 0.717) is 0 Å². The molecular formula is C16H19BrN4. The molecule has 5 heteroatoms. The molecule has 4 nitrogen and oxygen atoms in total. The molecule has 1 aliphatic rings. The Morgan fingerprint density at radius 1 is 1.14 bits per heavy atom. The molecule has 0 saturated heterocycles. The fourth-order valence-corrected chi connectivity index (χ4v) is 3.31. The monoisotopic (exact) mass is 346 g/mol. The van der Waals surface area contributed by atoms with Gasteiger partial charge in [0, 0.05) is 17.6 Å². The molecule has 0 amide bonds. The summed E-state index contributed by atoms with van der Waals surface area (Å²) in [7, 11) is 0. The average molecular weight is 347 g/mol. The Hall–Kier alpha value is -1.49. The second-order valence-electron chi connectivity index (χ2n) is 5.26. The number of hydrogen-bond donors (Lipinski definition) is 0. The van der Waals surface area contributed by atoms with Crippen molar-refractivity contribution < 1.29 is 0 Å². The molecule has 0 saturated carbocycles. The third kappa shape index (κ3) is 2.79. The molecule has 0 spiro atoms. The molecule has 0 bridgehead atoms. The van der Waals surface area contributed by atoms with Crippen LogP contribution in [0.25, 0.3) is 0 Å². The van der Waals surface area contributed by atoms with Gasteiger partial charge in [0.1, 0.15) is 0 Å². The van der Waals surface area contributed by atoms with Gasteiger partial charge in [-0.3, -0.25) is 0 Å². The Bertz CT molecular complexity index is 657. The van der Waals surface area contributed by atoms with E-state index in [4.69, 9.17) is 4.98 Å². The maximum absolute atomic E-state index is 4.73. The molecule has 0 aliphatic carbocycles. The predicted molar refractivity (Wildman–Crippen MR) is 87.5 cm³/mol. The zero-order valence-corrected chi connectivity index (χ0v) is 14.0. The average Bonchev–Trinajstić information content (AvgIpc) is 2.54. The standard InChI is InChI=1S/C16H19BrN4/c1-3-14-15(4-2)19-20-16(18-14)21-9-8-11-6-5-7-13(17)12(11)10-21/h5-7H,3-4,8-10H2,1-2H3. The molecule has 1 aromatic heterocycles. The van der Waals surface area contributed by atoms with Crippen molar-refractivity contribution in [3.8, 4) is 0 Å². The first-order chi connectivity index (χ1) is 10.2. The number of aromatic nitrogens is 3. The highest BCUT2D eigenvalue weighted by atomic mass is 79.9. The van der Waals surface area contributed by atoms with E-state index in [0.717, 1.165) is 49.7 Å². The van der Waals surface area contributed by atoms with Gasteiger partial charge in [-0.1, -0.05) is 41.9 Å². The van der Waals surface area contributed by atoms with Gasteiger partial charge < -0.3 is 4.90 Å². The molecule has 0 N–H and O–H groups in total. The minimum absolute atomic E-state index is 0.755. The van der Waals surface area contributed by atoms with Crippen molar-refractivity contribution in [2.75, 3.05) is 11.4 Å². The van der Waals surface area contributed by atoms with Gasteiger partial charge in [0.15, 0.2) is 0 Å². The van der Waals surface area contributed by atoms with E-state index < -0.39 is 0 Å². The van der Waals surface area contributed by atoms with Gasteiger partial charge in [0.25, 0.3) is 0 Å². The van der Waals surface area contributed by atoms with Gasteiger partial charge in [0.2, 0.25) is 5.95 Å². The smallest absolute Gasteiger partial charge is 0.245 e. The Balaban J connectivity index is 1.91. The summed E-state index contributed by atoms with van der Waals surface area (Å²) < 4.78 is 1.17. The van der Waals surface area contributed by atoms with E-state index in [9.17, 15) is 0 Å². The lowest BCUT2D eigenvalue weighted by Crippen LogP contribution is -2.32. The van der Waals surface area contributed by atoms with Crippen LogP contribution in [0, 0.1) is 0 Å². The van der Waals surface area contributed by atoms with Crippen LogP contribution in [0.15, 0.2) is 22.7 Å². The van der Waals surface area contributed by atoms with Crippen LogP contribution in [0.4, 0.5) is 5.95 Å². The van der Waals surface area contributed by atoms with Crippen LogP contribution in [0.5, 0.6) is 0 Å². The number of nitrogens with zero attached hydrogens (tertiary/aromatic N) is 4. The van der Waals surface area contributed by atoms with Crippen molar-refractivity contribution in [3.63, 3.8) is 0 Å². The summed E-state index contributed by atoms with van der Waals surface area (Å²) >= 11 is 3.65. The van der Waals surface area contributed by atoms with Crippen LogP contribution in [0.1, 0.15) is 36.4 Å². The van der Waals surface area contributed by atoms with Crippen molar-refractivity contribution >= 4 is 21.9 Å². The highest BCUT2D eigenvalue weighted by Gasteiger charge is 2.21. The normalized spacial score (nSPS) is 14.1. The van der Waals surface area contributed by atoms with Crippen molar-refractivity contribution in [1.82, 2.24) is 15.2 Å². The van der Waals surface area contributed by atoms with Crippen molar-refractivity contribution in [1.29, 1.82) is 0 Å². The third-order valence-electron chi connectivity index (χ3n) is 4.00. The Morgan fingerprint density at radius 3 is 2.71 bits per heavy atom. The Labute approximate surface area is 133 Å². The number of hydrogen-bond acceptors (Lipinski definition) is 4. The predicted octanol–water partition coefficient (Wildman–Crippen LogP) is 3.32.